The Hall–Kier alpha value is -0.860. The standard InChI is InChI=1S/C13H20N2/c1-10-6-13(7-10)15-9-12-4-2-11(8-14)3-5-12/h2-5,10,13,15H,6-9,14H2,1H3. The zero-order valence-corrected chi connectivity index (χ0v) is 9.37. The second kappa shape index (κ2) is 4.77. The van der Waals surface area contributed by atoms with Crippen molar-refractivity contribution in [2.75, 3.05) is 0 Å². The molecule has 0 spiro atoms. The van der Waals surface area contributed by atoms with Gasteiger partial charge >= 0.3 is 0 Å². The predicted octanol–water partition coefficient (Wildman–Crippen LogP) is 2.03. The highest BCUT2D eigenvalue weighted by atomic mass is 14.9. The Kier molecular flexibility index (Phi) is 3.39. The van der Waals surface area contributed by atoms with Crippen molar-refractivity contribution in [3.8, 4) is 0 Å². The Morgan fingerprint density at radius 2 is 1.80 bits per heavy atom. The molecule has 1 fully saturated rings. The zero-order valence-electron chi connectivity index (χ0n) is 9.37. The van der Waals surface area contributed by atoms with E-state index in [-0.39, 0.29) is 0 Å². The molecular formula is C13H20N2. The van der Waals surface area contributed by atoms with Gasteiger partial charge in [0.15, 0.2) is 0 Å². The number of hydrogen-bond donors (Lipinski definition) is 2. The summed E-state index contributed by atoms with van der Waals surface area (Å²) in [5.74, 6) is 0.919. The summed E-state index contributed by atoms with van der Waals surface area (Å²) in [6.07, 6.45) is 2.67. The van der Waals surface area contributed by atoms with Crippen LogP contribution in [0.4, 0.5) is 0 Å². The Labute approximate surface area is 91.9 Å². The molecule has 0 aliphatic heterocycles. The first-order chi connectivity index (χ1) is 7.28. The molecule has 0 bridgehead atoms. The molecule has 3 N–H and O–H groups in total. The van der Waals surface area contributed by atoms with Gasteiger partial charge in [-0.1, -0.05) is 31.2 Å². The first-order valence-electron chi connectivity index (χ1n) is 5.79. The second-order valence-corrected chi connectivity index (χ2v) is 4.68. The summed E-state index contributed by atoms with van der Waals surface area (Å²) >= 11 is 0. The Balaban J connectivity index is 1.78. The van der Waals surface area contributed by atoms with Gasteiger partial charge in [0.1, 0.15) is 0 Å². The minimum atomic E-state index is 0.633. The number of nitrogens with one attached hydrogen (secondary N) is 1. The minimum absolute atomic E-state index is 0.633. The van der Waals surface area contributed by atoms with Crippen LogP contribution in [0.5, 0.6) is 0 Å². The third-order valence-electron chi connectivity index (χ3n) is 3.23. The van der Waals surface area contributed by atoms with Crippen LogP contribution in [0.25, 0.3) is 0 Å². The molecule has 0 saturated heterocycles. The van der Waals surface area contributed by atoms with E-state index in [1.54, 1.807) is 0 Å². The van der Waals surface area contributed by atoms with Crippen LogP contribution in [-0.4, -0.2) is 6.04 Å². The number of benzene rings is 1. The first kappa shape index (κ1) is 10.7. The normalized spacial score (nSPS) is 24.9. The van der Waals surface area contributed by atoms with Crippen molar-refractivity contribution in [3.05, 3.63) is 35.4 Å². The molecule has 0 amide bonds. The Morgan fingerprint density at radius 1 is 1.20 bits per heavy atom. The Bertz CT molecular complexity index is 299. The van der Waals surface area contributed by atoms with Crippen molar-refractivity contribution in [1.29, 1.82) is 0 Å². The van der Waals surface area contributed by atoms with Crippen molar-refractivity contribution in [2.45, 2.75) is 38.9 Å². The van der Waals surface area contributed by atoms with E-state index in [2.05, 4.69) is 36.5 Å². The predicted molar refractivity (Wildman–Crippen MR) is 63.4 cm³/mol. The van der Waals surface area contributed by atoms with E-state index in [0.29, 0.717) is 6.54 Å². The summed E-state index contributed by atoms with van der Waals surface area (Å²) in [7, 11) is 0. The van der Waals surface area contributed by atoms with Crippen LogP contribution in [0, 0.1) is 5.92 Å². The molecule has 0 aromatic heterocycles. The molecular weight excluding hydrogens is 184 g/mol. The third-order valence-corrected chi connectivity index (χ3v) is 3.23. The molecule has 0 heterocycles. The van der Waals surface area contributed by atoms with Crippen LogP contribution in [0.1, 0.15) is 30.9 Å². The van der Waals surface area contributed by atoms with Crippen molar-refractivity contribution < 1.29 is 0 Å². The largest absolute Gasteiger partial charge is 0.326 e. The first-order valence-corrected chi connectivity index (χ1v) is 5.79. The van der Waals surface area contributed by atoms with Crippen LogP contribution in [0.15, 0.2) is 24.3 Å². The van der Waals surface area contributed by atoms with Crippen LogP contribution in [0.2, 0.25) is 0 Å². The summed E-state index contributed by atoms with van der Waals surface area (Å²) in [5.41, 5.74) is 8.11. The zero-order chi connectivity index (χ0) is 10.7. The molecule has 0 atom stereocenters. The maximum Gasteiger partial charge on any atom is 0.0208 e. The van der Waals surface area contributed by atoms with E-state index in [9.17, 15) is 0 Å². The van der Waals surface area contributed by atoms with Crippen molar-refractivity contribution in [2.24, 2.45) is 11.7 Å². The monoisotopic (exact) mass is 204 g/mol. The number of nitrogens with two attached hydrogens (primary N) is 1. The van der Waals surface area contributed by atoms with Crippen molar-refractivity contribution >= 4 is 0 Å². The topological polar surface area (TPSA) is 38.0 Å². The summed E-state index contributed by atoms with van der Waals surface area (Å²) < 4.78 is 0. The molecule has 1 saturated carbocycles. The maximum atomic E-state index is 5.55. The lowest BCUT2D eigenvalue weighted by Gasteiger charge is -2.33. The highest BCUT2D eigenvalue weighted by molar-refractivity contribution is 5.22. The lowest BCUT2D eigenvalue weighted by molar-refractivity contribution is 0.240. The van der Waals surface area contributed by atoms with E-state index in [4.69, 9.17) is 5.73 Å². The third kappa shape index (κ3) is 2.80. The summed E-state index contributed by atoms with van der Waals surface area (Å²) in [6, 6.07) is 9.30. The molecule has 1 aromatic carbocycles. The molecule has 1 aliphatic carbocycles. The molecule has 1 aromatic rings. The second-order valence-electron chi connectivity index (χ2n) is 4.68. The van der Waals surface area contributed by atoms with E-state index >= 15 is 0 Å². The number of rotatable bonds is 4. The van der Waals surface area contributed by atoms with Crippen molar-refractivity contribution in [1.82, 2.24) is 5.32 Å². The van der Waals surface area contributed by atoms with E-state index in [1.807, 2.05) is 0 Å². The molecule has 1 aliphatic rings. The SMILES string of the molecule is CC1CC(NCc2ccc(CN)cc2)C1. The molecule has 0 unspecified atom stereocenters. The molecule has 82 valence electrons. The van der Waals surface area contributed by atoms with Gasteiger partial charge in [-0.05, 0) is 29.9 Å². The fraction of sp³-hybridized carbons (Fsp3) is 0.538. The smallest absolute Gasteiger partial charge is 0.0208 e. The molecule has 0 radical (unpaired) electrons. The maximum absolute atomic E-state index is 5.55. The van der Waals surface area contributed by atoms with Gasteiger partial charge in [0.05, 0.1) is 0 Å². The molecule has 2 nitrogen and oxygen atoms in total. The summed E-state index contributed by atoms with van der Waals surface area (Å²) in [5, 5.41) is 3.57. The van der Waals surface area contributed by atoms with Gasteiger partial charge < -0.3 is 11.1 Å². The molecule has 2 rings (SSSR count). The van der Waals surface area contributed by atoms with Crippen LogP contribution in [0.3, 0.4) is 0 Å². The fourth-order valence-corrected chi connectivity index (χ4v) is 2.12. The van der Waals surface area contributed by atoms with Crippen LogP contribution >= 0.6 is 0 Å². The highest BCUT2D eigenvalue weighted by Crippen LogP contribution is 2.26. The van der Waals surface area contributed by atoms with Gasteiger partial charge in [-0.15, -0.1) is 0 Å². The molecule has 15 heavy (non-hydrogen) atoms. The van der Waals surface area contributed by atoms with Gasteiger partial charge in [-0.2, -0.15) is 0 Å². The lowest BCUT2D eigenvalue weighted by Crippen LogP contribution is -2.39. The Morgan fingerprint density at radius 3 is 2.33 bits per heavy atom. The number of hydrogen-bond acceptors (Lipinski definition) is 2. The average Bonchev–Trinajstić information content (AvgIpc) is 2.23. The van der Waals surface area contributed by atoms with E-state index in [0.717, 1.165) is 18.5 Å². The molecule has 2 heteroatoms. The van der Waals surface area contributed by atoms with E-state index < -0.39 is 0 Å². The quantitative estimate of drug-likeness (QED) is 0.787. The van der Waals surface area contributed by atoms with Gasteiger partial charge in [0.25, 0.3) is 0 Å². The van der Waals surface area contributed by atoms with Gasteiger partial charge in [-0.25, -0.2) is 0 Å². The lowest BCUT2D eigenvalue weighted by atomic mass is 9.82. The highest BCUT2D eigenvalue weighted by Gasteiger charge is 2.24. The van der Waals surface area contributed by atoms with Gasteiger partial charge in [0.2, 0.25) is 0 Å². The summed E-state index contributed by atoms with van der Waals surface area (Å²) in [6.45, 7) is 3.93. The van der Waals surface area contributed by atoms with Crippen LogP contribution in [-0.2, 0) is 13.1 Å². The minimum Gasteiger partial charge on any atom is -0.326 e. The average molecular weight is 204 g/mol. The van der Waals surface area contributed by atoms with Gasteiger partial charge in [-0.3, -0.25) is 0 Å². The summed E-state index contributed by atoms with van der Waals surface area (Å²) in [4.78, 5) is 0. The van der Waals surface area contributed by atoms with Gasteiger partial charge in [0, 0.05) is 19.1 Å². The fourth-order valence-electron chi connectivity index (χ4n) is 2.12. The van der Waals surface area contributed by atoms with Crippen molar-refractivity contribution in [3.63, 3.8) is 0 Å². The van der Waals surface area contributed by atoms with E-state index in [1.165, 1.54) is 24.0 Å². The van der Waals surface area contributed by atoms with Crippen LogP contribution < -0.4 is 11.1 Å².